The highest BCUT2D eigenvalue weighted by atomic mass is 32.1. The lowest BCUT2D eigenvalue weighted by Crippen LogP contribution is -2.12. The lowest BCUT2D eigenvalue weighted by Gasteiger charge is -2.06. The van der Waals surface area contributed by atoms with Crippen molar-refractivity contribution in [2.75, 3.05) is 5.32 Å². The summed E-state index contributed by atoms with van der Waals surface area (Å²) in [6.07, 6.45) is 3.59. The number of anilines is 1. The first-order valence-electron chi connectivity index (χ1n) is 10.0. The zero-order valence-corrected chi connectivity index (χ0v) is 18.7. The molecule has 32 heavy (non-hydrogen) atoms. The molecule has 0 saturated carbocycles. The van der Waals surface area contributed by atoms with Crippen LogP contribution in [0.4, 0.5) is 5.69 Å². The largest absolute Gasteiger partial charge is 0.322 e. The third-order valence-electron chi connectivity index (χ3n) is 4.99. The van der Waals surface area contributed by atoms with Crippen molar-refractivity contribution in [2.45, 2.75) is 0 Å². The van der Waals surface area contributed by atoms with Gasteiger partial charge in [0.25, 0.3) is 5.91 Å². The number of thiophene rings is 2. The molecule has 2 aromatic carbocycles. The Labute approximate surface area is 194 Å². The van der Waals surface area contributed by atoms with Crippen molar-refractivity contribution in [1.82, 2.24) is 9.78 Å². The van der Waals surface area contributed by atoms with Crippen LogP contribution in [0.25, 0.3) is 32.8 Å². The molecule has 5 rings (SSSR count). The summed E-state index contributed by atoms with van der Waals surface area (Å²) in [5.41, 5.74) is 3.94. The average molecular weight is 454 g/mol. The van der Waals surface area contributed by atoms with Crippen molar-refractivity contribution in [1.29, 1.82) is 0 Å². The number of nitrogens with zero attached hydrogens (tertiary/aromatic N) is 2. The molecule has 0 saturated heterocycles. The number of carbonyl (C=O) groups excluding carboxylic acids is 1. The van der Waals surface area contributed by atoms with Gasteiger partial charge < -0.3 is 5.32 Å². The molecule has 0 unspecified atom stereocenters. The van der Waals surface area contributed by atoms with Crippen LogP contribution in [0.2, 0.25) is 0 Å². The SMILES string of the molecule is C=Cc1ccc(-c2nn(-c3ccccc3)cc2C(=O)Nc2ccc(-c3cccs3)cc2)s1. The molecule has 4 nitrogen and oxygen atoms in total. The van der Waals surface area contributed by atoms with Crippen molar-refractivity contribution in [3.63, 3.8) is 0 Å². The molecule has 3 aromatic heterocycles. The molecule has 1 amide bonds. The Bertz CT molecular complexity index is 1360. The molecule has 156 valence electrons. The van der Waals surface area contributed by atoms with E-state index < -0.39 is 0 Å². The van der Waals surface area contributed by atoms with Gasteiger partial charge in [0.1, 0.15) is 5.69 Å². The van der Waals surface area contributed by atoms with E-state index in [0.29, 0.717) is 11.3 Å². The quantitative estimate of drug-likeness (QED) is 0.295. The minimum atomic E-state index is -0.195. The van der Waals surface area contributed by atoms with Gasteiger partial charge in [-0.05, 0) is 53.4 Å². The predicted octanol–water partition coefficient (Wildman–Crippen LogP) is 7.22. The topological polar surface area (TPSA) is 46.9 Å². The van der Waals surface area contributed by atoms with Gasteiger partial charge >= 0.3 is 0 Å². The number of amides is 1. The van der Waals surface area contributed by atoms with Crippen molar-refractivity contribution in [3.8, 4) is 26.7 Å². The Morgan fingerprint density at radius 2 is 1.75 bits per heavy atom. The lowest BCUT2D eigenvalue weighted by molar-refractivity contribution is 0.102. The Kier molecular flexibility index (Phi) is 5.54. The molecule has 0 aliphatic rings. The Hall–Kier alpha value is -3.74. The minimum Gasteiger partial charge on any atom is -0.322 e. The normalized spacial score (nSPS) is 10.8. The van der Waals surface area contributed by atoms with E-state index in [2.05, 4.69) is 23.3 Å². The van der Waals surface area contributed by atoms with Gasteiger partial charge in [-0.3, -0.25) is 4.79 Å². The second kappa shape index (κ2) is 8.78. The van der Waals surface area contributed by atoms with Crippen LogP contribution >= 0.6 is 22.7 Å². The van der Waals surface area contributed by atoms with E-state index in [9.17, 15) is 4.79 Å². The van der Waals surface area contributed by atoms with Gasteiger partial charge in [-0.1, -0.05) is 49.1 Å². The Morgan fingerprint density at radius 3 is 2.44 bits per heavy atom. The number of hydrogen-bond donors (Lipinski definition) is 1. The maximum atomic E-state index is 13.3. The number of hydrogen-bond acceptors (Lipinski definition) is 4. The summed E-state index contributed by atoms with van der Waals surface area (Å²) in [5.74, 6) is -0.195. The second-order valence-corrected chi connectivity index (χ2v) is 9.15. The highest BCUT2D eigenvalue weighted by Gasteiger charge is 2.20. The van der Waals surface area contributed by atoms with E-state index in [1.165, 1.54) is 4.88 Å². The zero-order valence-electron chi connectivity index (χ0n) is 17.1. The van der Waals surface area contributed by atoms with Gasteiger partial charge in [0.2, 0.25) is 0 Å². The van der Waals surface area contributed by atoms with E-state index in [1.807, 2.05) is 72.8 Å². The fraction of sp³-hybridized carbons (Fsp3) is 0. The first-order chi connectivity index (χ1) is 15.7. The molecule has 0 aliphatic heterocycles. The third-order valence-corrected chi connectivity index (χ3v) is 7.00. The number of carbonyl (C=O) groups is 1. The van der Waals surface area contributed by atoms with Crippen LogP contribution < -0.4 is 5.32 Å². The van der Waals surface area contributed by atoms with Gasteiger partial charge in [0.15, 0.2) is 0 Å². The van der Waals surface area contributed by atoms with Crippen LogP contribution in [-0.2, 0) is 0 Å². The lowest BCUT2D eigenvalue weighted by atomic mass is 10.1. The van der Waals surface area contributed by atoms with E-state index in [4.69, 9.17) is 5.10 Å². The summed E-state index contributed by atoms with van der Waals surface area (Å²) in [7, 11) is 0. The van der Waals surface area contributed by atoms with Crippen molar-refractivity contribution in [3.05, 3.63) is 107 Å². The van der Waals surface area contributed by atoms with Gasteiger partial charge in [-0.15, -0.1) is 22.7 Å². The van der Waals surface area contributed by atoms with Crippen LogP contribution in [0.5, 0.6) is 0 Å². The molecule has 3 heterocycles. The van der Waals surface area contributed by atoms with Gasteiger partial charge in [0, 0.05) is 21.6 Å². The van der Waals surface area contributed by atoms with Gasteiger partial charge in [-0.25, -0.2) is 4.68 Å². The molecule has 0 radical (unpaired) electrons. The minimum absolute atomic E-state index is 0.195. The van der Waals surface area contributed by atoms with Crippen molar-refractivity contribution in [2.24, 2.45) is 0 Å². The summed E-state index contributed by atoms with van der Waals surface area (Å²) < 4.78 is 1.75. The highest BCUT2D eigenvalue weighted by Crippen LogP contribution is 2.32. The van der Waals surface area contributed by atoms with Crippen LogP contribution in [0.1, 0.15) is 15.2 Å². The number of aromatic nitrogens is 2. The molecule has 5 aromatic rings. The summed E-state index contributed by atoms with van der Waals surface area (Å²) in [4.78, 5) is 16.4. The van der Waals surface area contributed by atoms with E-state index >= 15 is 0 Å². The fourth-order valence-corrected chi connectivity index (χ4v) is 4.97. The number of para-hydroxylation sites is 1. The third kappa shape index (κ3) is 4.06. The zero-order chi connectivity index (χ0) is 21.9. The van der Waals surface area contributed by atoms with Crippen LogP contribution in [-0.4, -0.2) is 15.7 Å². The molecule has 0 aliphatic carbocycles. The molecular formula is C26H19N3OS2. The second-order valence-electron chi connectivity index (χ2n) is 7.09. The summed E-state index contributed by atoms with van der Waals surface area (Å²) in [6.45, 7) is 3.84. The first kappa shape index (κ1) is 20.2. The van der Waals surface area contributed by atoms with Crippen LogP contribution in [0, 0.1) is 0 Å². The molecule has 6 heteroatoms. The molecule has 1 N–H and O–H groups in total. The van der Waals surface area contributed by atoms with Crippen molar-refractivity contribution >= 4 is 40.3 Å². The Morgan fingerprint density at radius 1 is 0.938 bits per heavy atom. The fourth-order valence-electron chi connectivity index (χ4n) is 3.38. The molecule has 0 bridgehead atoms. The van der Waals surface area contributed by atoms with Crippen LogP contribution in [0.3, 0.4) is 0 Å². The Balaban J connectivity index is 1.47. The maximum Gasteiger partial charge on any atom is 0.259 e. The summed E-state index contributed by atoms with van der Waals surface area (Å²) in [5, 5.41) is 9.82. The summed E-state index contributed by atoms with van der Waals surface area (Å²) >= 11 is 3.25. The highest BCUT2D eigenvalue weighted by molar-refractivity contribution is 7.16. The standard InChI is InChI=1S/C26H19N3OS2/c1-2-21-14-15-24(32-21)25-22(17-29(28-25)20-7-4-3-5-8-20)26(30)27-19-12-10-18(11-13-19)23-9-6-16-31-23/h2-17H,1H2,(H,27,30). The molecular weight excluding hydrogens is 434 g/mol. The molecule has 0 fully saturated rings. The monoisotopic (exact) mass is 453 g/mol. The van der Waals surface area contributed by atoms with E-state index in [1.54, 1.807) is 39.6 Å². The first-order valence-corrected chi connectivity index (χ1v) is 11.7. The molecule has 0 atom stereocenters. The average Bonchev–Trinajstić information content (AvgIpc) is 3.60. The maximum absolute atomic E-state index is 13.3. The van der Waals surface area contributed by atoms with Crippen molar-refractivity contribution < 1.29 is 4.79 Å². The van der Waals surface area contributed by atoms with E-state index in [-0.39, 0.29) is 5.91 Å². The molecule has 0 spiro atoms. The predicted molar refractivity (Wildman–Crippen MR) is 135 cm³/mol. The van der Waals surface area contributed by atoms with Crippen LogP contribution in [0.15, 0.2) is 97.0 Å². The number of nitrogens with one attached hydrogen (secondary N) is 1. The van der Waals surface area contributed by atoms with Gasteiger partial charge in [0.05, 0.1) is 16.1 Å². The van der Waals surface area contributed by atoms with Gasteiger partial charge in [-0.2, -0.15) is 5.10 Å². The smallest absolute Gasteiger partial charge is 0.259 e. The summed E-state index contributed by atoms with van der Waals surface area (Å²) in [6, 6.07) is 25.8. The number of benzene rings is 2. The van der Waals surface area contributed by atoms with E-state index in [0.717, 1.165) is 26.7 Å². The number of rotatable bonds is 6.